The number of esters is 1. The van der Waals surface area contributed by atoms with Crippen LogP contribution in [0.2, 0.25) is 0 Å². The highest BCUT2D eigenvalue weighted by molar-refractivity contribution is 7.14. The Hall–Kier alpha value is -1.86. The molecule has 0 radical (unpaired) electrons. The normalized spacial score (nSPS) is 10.2. The van der Waals surface area contributed by atoms with E-state index in [1.54, 1.807) is 34.7 Å². The first-order valence-corrected chi connectivity index (χ1v) is 8.07. The number of hydrogen-bond donors (Lipinski definition) is 1. The first-order chi connectivity index (χ1) is 10.1. The predicted octanol–water partition coefficient (Wildman–Crippen LogP) is 3.30. The topological polar surface area (TPSA) is 58.6 Å². The van der Waals surface area contributed by atoms with Gasteiger partial charge in [0.1, 0.15) is 0 Å². The standard InChI is InChI=1S/C14H16N2O3S2/c1-16(6-5-11-4-3-7-20-11)14(18)15-12-8-10(9-21-12)13(17)19-2/h3-4,7-9H,5-6H2,1-2H3,(H,15,18). The minimum absolute atomic E-state index is 0.190. The van der Waals surface area contributed by atoms with E-state index in [-0.39, 0.29) is 6.03 Å². The molecule has 2 amide bonds. The number of thiophene rings is 2. The third kappa shape index (κ3) is 4.30. The van der Waals surface area contributed by atoms with Gasteiger partial charge < -0.3 is 9.64 Å². The number of anilines is 1. The van der Waals surface area contributed by atoms with E-state index in [9.17, 15) is 9.59 Å². The molecule has 2 aromatic heterocycles. The molecule has 7 heteroatoms. The Balaban J connectivity index is 1.85. The van der Waals surface area contributed by atoms with E-state index in [0.29, 0.717) is 17.1 Å². The summed E-state index contributed by atoms with van der Waals surface area (Å²) >= 11 is 2.98. The number of carbonyl (C=O) groups excluding carboxylic acids is 2. The van der Waals surface area contributed by atoms with E-state index < -0.39 is 5.97 Å². The first-order valence-electron chi connectivity index (χ1n) is 6.31. The van der Waals surface area contributed by atoms with Crippen molar-refractivity contribution in [2.24, 2.45) is 0 Å². The van der Waals surface area contributed by atoms with Crippen LogP contribution < -0.4 is 5.32 Å². The molecule has 0 aromatic carbocycles. The van der Waals surface area contributed by atoms with Gasteiger partial charge in [0.25, 0.3) is 0 Å². The quantitative estimate of drug-likeness (QED) is 0.859. The highest BCUT2D eigenvalue weighted by Gasteiger charge is 2.13. The van der Waals surface area contributed by atoms with E-state index in [2.05, 4.69) is 16.1 Å². The molecule has 0 spiro atoms. The monoisotopic (exact) mass is 324 g/mol. The lowest BCUT2D eigenvalue weighted by molar-refractivity contribution is 0.0601. The maximum Gasteiger partial charge on any atom is 0.338 e. The van der Waals surface area contributed by atoms with E-state index in [0.717, 1.165) is 6.42 Å². The van der Waals surface area contributed by atoms with Crippen LogP contribution in [0, 0.1) is 0 Å². The fourth-order valence-electron chi connectivity index (χ4n) is 1.66. The molecule has 112 valence electrons. The Morgan fingerprint density at radius 1 is 1.38 bits per heavy atom. The Morgan fingerprint density at radius 3 is 2.86 bits per heavy atom. The SMILES string of the molecule is COC(=O)c1csc(NC(=O)N(C)CCc2cccs2)c1. The van der Waals surface area contributed by atoms with E-state index in [1.165, 1.54) is 23.3 Å². The Labute approximate surface area is 131 Å². The number of urea groups is 1. The maximum atomic E-state index is 12.0. The van der Waals surface area contributed by atoms with E-state index >= 15 is 0 Å². The number of carbonyl (C=O) groups is 2. The van der Waals surface area contributed by atoms with Crippen molar-refractivity contribution < 1.29 is 14.3 Å². The molecule has 0 aliphatic heterocycles. The fraction of sp³-hybridized carbons (Fsp3) is 0.286. The van der Waals surface area contributed by atoms with Crippen molar-refractivity contribution in [2.75, 3.05) is 26.0 Å². The lowest BCUT2D eigenvalue weighted by Crippen LogP contribution is -2.32. The third-order valence-corrected chi connectivity index (χ3v) is 4.65. The van der Waals surface area contributed by atoms with Crippen LogP contribution >= 0.6 is 22.7 Å². The molecule has 2 aromatic rings. The van der Waals surface area contributed by atoms with Crippen molar-refractivity contribution in [3.8, 4) is 0 Å². The number of rotatable bonds is 5. The number of hydrogen-bond acceptors (Lipinski definition) is 5. The molecule has 0 fully saturated rings. The van der Waals surface area contributed by atoms with Crippen LogP contribution in [0.3, 0.4) is 0 Å². The van der Waals surface area contributed by atoms with Crippen molar-refractivity contribution in [3.63, 3.8) is 0 Å². The van der Waals surface area contributed by atoms with Gasteiger partial charge in [0, 0.05) is 23.8 Å². The van der Waals surface area contributed by atoms with Gasteiger partial charge in [0.05, 0.1) is 17.7 Å². The number of methoxy groups -OCH3 is 1. The first kappa shape index (κ1) is 15.5. The second-order valence-electron chi connectivity index (χ2n) is 4.37. The van der Waals surface area contributed by atoms with Crippen LogP contribution in [-0.4, -0.2) is 37.6 Å². The molecule has 2 heterocycles. The summed E-state index contributed by atoms with van der Waals surface area (Å²) in [5.74, 6) is -0.405. The van der Waals surface area contributed by atoms with Gasteiger partial charge in [-0.2, -0.15) is 0 Å². The second-order valence-corrected chi connectivity index (χ2v) is 6.32. The van der Waals surface area contributed by atoms with Gasteiger partial charge >= 0.3 is 12.0 Å². The summed E-state index contributed by atoms with van der Waals surface area (Å²) in [6, 6.07) is 5.48. The average Bonchev–Trinajstić information content (AvgIpc) is 3.15. The van der Waals surface area contributed by atoms with Crippen LogP contribution in [0.4, 0.5) is 9.80 Å². The average molecular weight is 324 g/mol. The summed E-state index contributed by atoms with van der Waals surface area (Å²) in [6.45, 7) is 0.640. The molecular formula is C14H16N2O3S2. The van der Waals surface area contributed by atoms with Crippen molar-refractivity contribution in [1.82, 2.24) is 4.90 Å². The fourth-order valence-corrected chi connectivity index (χ4v) is 3.12. The Morgan fingerprint density at radius 2 is 2.19 bits per heavy atom. The molecule has 0 saturated heterocycles. The predicted molar refractivity (Wildman–Crippen MR) is 85.3 cm³/mol. The molecule has 0 unspecified atom stereocenters. The number of nitrogens with zero attached hydrogens (tertiary/aromatic N) is 1. The van der Waals surface area contributed by atoms with Crippen molar-refractivity contribution in [3.05, 3.63) is 39.4 Å². The summed E-state index contributed by atoms with van der Waals surface area (Å²) in [5, 5.41) is 7.08. The molecule has 0 aliphatic carbocycles. The van der Waals surface area contributed by atoms with Crippen molar-refractivity contribution in [2.45, 2.75) is 6.42 Å². The van der Waals surface area contributed by atoms with Crippen LogP contribution in [0.5, 0.6) is 0 Å². The number of nitrogens with one attached hydrogen (secondary N) is 1. The minimum Gasteiger partial charge on any atom is -0.465 e. The highest BCUT2D eigenvalue weighted by Crippen LogP contribution is 2.21. The van der Waals surface area contributed by atoms with Gasteiger partial charge in [-0.15, -0.1) is 22.7 Å². The summed E-state index contributed by atoms with van der Waals surface area (Å²) in [5.41, 5.74) is 0.444. The number of amides is 2. The van der Waals surface area contributed by atoms with Gasteiger partial charge in [-0.3, -0.25) is 5.32 Å². The van der Waals surface area contributed by atoms with E-state index in [4.69, 9.17) is 0 Å². The lowest BCUT2D eigenvalue weighted by Gasteiger charge is -2.16. The highest BCUT2D eigenvalue weighted by atomic mass is 32.1. The van der Waals surface area contributed by atoms with Gasteiger partial charge in [-0.05, 0) is 23.9 Å². The molecule has 5 nitrogen and oxygen atoms in total. The molecule has 0 bridgehead atoms. The molecule has 2 rings (SSSR count). The van der Waals surface area contributed by atoms with Crippen LogP contribution in [-0.2, 0) is 11.2 Å². The van der Waals surface area contributed by atoms with Gasteiger partial charge in [-0.25, -0.2) is 9.59 Å². The number of likely N-dealkylation sites (N-methyl/N-ethyl adjacent to an activating group) is 1. The molecule has 0 aliphatic rings. The summed E-state index contributed by atoms with van der Waals surface area (Å²) in [7, 11) is 3.08. The molecule has 21 heavy (non-hydrogen) atoms. The van der Waals surface area contributed by atoms with Crippen molar-refractivity contribution in [1.29, 1.82) is 0 Å². The Bertz CT molecular complexity index is 608. The van der Waals surface area contributed by atoms with Crippen LogP contribution in [0.1, 0.15) is 15.2 Å². The molecule has 1 N–H and O–H groups in total. The lowest BCUT2D eigenvalue weighted by atomic mass is 10.3. The molecular weight excluding hydrogens is 308 g/mol. The van der Waals surface area contributed by atoms with Gasteiger partial charge in [0.15, 0.2) is 0 Å². The zero-order valence-corrected chi connectivity index (χ0v) is 13.4. The van der Waals surface area contributed by atoms with Crippen molar-refractivity contribution >= 4 is 39.7 Å². The molecule has 0 atom stereocenters. The summed E-state index contributed by atoms with van der Waals surface area (Å²) in [4.78, 5) is 26.2. The molecule has 0 saturated carbocycles. The summed E-state index contributed by atoms with van der Waals surface area (Å²) in [6.07, 6.45) is 0.833. The third-order valence-electron chi connectivity index (χ3n) is 2.87. The largest absolute Gasteiger partial charge is 0.465 e. The second kappa shape index (κ2) is 7.24. The minimum atomic E-state index is -0.405. The zero-order valence-electron chi connectivity index (χ0n) is 11.8. The number of ether oxygens (including phenoxy) is 1. The van der Waals surface area contributed by atoms with Crippen LogP contribution in [0.15, 0.2) is 29.0 Å². The maximum absolute atomic E-state index is 12.0. The van der Waals surface area contributed by atoms with E-state index in [1.807, 2.05) is 11.4 Å². The zero-order chi connectivity index (χ0) is 15.2. The van der Waals surface area contributed by atoms with Gasteiger partial charge in [-0.1, -0.05) is 6.07 Å². The van der Waals surface area contributed by atoms with Gasteiger partial charge in [0.2, 0.25) is 0 Å². The smallest absolute Gasteiger partial charge is 0.338 e. The summed E-state index contributed by atoms with van der Waals surface area (Å²) < 4.78 is 4.63. The van der Waals surface area contributed by atoms with Crippen LogP contribution in [0.25, 0.3) is 0 Å². The Kier molecular flexibility index (Phi) is 5.35.